The van der Waals surface area contributed by atoms with Crippen molar-refractivity contribution in [3.8, 4) is 5.75 Å². The average Bonchev–Trinajstić information content (AvgIpc) is 2.43. The van der Waals surface area contributed by atoms with E-state index in [9.17, 15) is 0 Å². The molecule has 0 unspecified atom stereocenters. The Balaban J connectivity index is 1.92. The number of benzene rings is 1. The summed E-state index contributed by atoms with van der Waals surface area (Å²) in [5.41, 5.74) is 2.54. The lowest BCUT2D eigenvalue weighted by Crippen LogP contribution is -2.34. The molecule has 1 aromatic rings. The van der Waals surface area contributed by atoms with Gasteiger partial charge in [-0.1, -0.05) is 12.1 Å². The molecule has 0 aliphatic carbocycles. The number of ether oxygens (including phenoxy) is 2. The topological polar surface area (TPSA) is 21.7 Å². The first-order chi connectivity index (χ1) is 9.22. The van der Waals surface area contributed by atoms with Gasteiger partial charge in [-0.3, -0.25) is 4.90 Å². The summed E-state index contributed by atoms with van der Waals surface area (Å²) in [6, 6.07) is 6.47. The number of likely N-dealkylation sites (tertiary alicyclic amines) is 1. The highest BCUT2D eigenvalue weighted by Gasteiger charge is 2.19. The van der Waals surface area contributed by atoms with Gasteiger partial charge in [0.2, 0.25) is 0 Å². The lowest BCUT2D eigenvalue weighted by Gasteiger charge is -2.31. The maximum atomic E-state index is 5.48. The van der Waals surface area contributed by atoms with Gasteiger partial charge in [-0.05, 0) is 50.4 Å². The average molecular weight is 263 g/mol. The van der Waals surface area contributed by atoms with Crippen LogP contribution in [0.5, 0.6) is 5.75 Å². The molecule has 1 fully saturated rings. The predicted molar refractivity (Wildman–Crippen MR) is 77.6 cm³/mol. The molecular weight excluding hydrogens is 238 g/mol. The van der Waals surface area contributed by atoms with Crippen molar-refractivity contribution in [2.45, 2.75) is 26.3 Å². The Morgan fingerprint density at radius 3 is 2.58 bits per heavy atom. The first-order valence-corrected chi connectivity index (χ1v) is 7.07. The van der Waals surface area contributed by atoms with Crippen molar-refractivity contribution in [1.82, 2.24) is 4.90 Å². The third-order valence-corrected chi connectivity index (χ3v) is 3.95. The third-order valence-electron chi connectivity index (χ3n) is 3.95. The number of aryl methyl sites for hydroxylation is 1. The lowest BCUT2D eigenvalue weighted by atomic mass is 9.97. The van der Waals surface area contributed by atoms with Crippen LogP contribution in [0.4, 0.5) is 0 Å². The smallest absolute Gasteiger partial charge is 0.123 e. The minimum absolute atomic E-state index is 0.737. The molecule has 0 radical (unpaired) electrons. The highest BCUT2D eigenvalue weighted by molar-refractivity contribution is 5.37. The Morgan fingerprint density at radius 1 is 1.21 bits per heavy atom. The van der Waals surface area contributed by atoms with Crippen molar-refractivity contribution in [2.24, 2.45) is 5.92 Å². The van der Waals surface area contributed by atoms with E-state index in [4.69, 9.17) is 9.47 Å². The van der Waals surface area contributed by atoms with Gasteiger partial charge in [0, 0.05) is 25.8 Å². The second kappa shape index (κ2) is 6.92. The quantitative estimate of drug-likeness (QED) is 0.815. The summed E-state index contributed by atoms with van der Waals surface area (Å²) in [7, 11) is 3.55. The zero-order valence-corrected chi connectivity index (χ0v) is 12.3. The highest BCUT2D eigenvalue weighted by atomic mass is 16.5. The van der Waals surface area contributed by atoms with Crippen LogP contribution in [0.1, 0.15) is 24.0 Å². The molecule has 106 valence electrons. The summed E-state index contributed by atoms with van der Waals surface area (Å²) in [6.45, 7) is 6.31. The molecule has 2 rings (SSSR count). The van der Waals surface area contributed by atoms with Gasteiger partial charge < -0.3 is 9.47 Å². The summed E-state index contributed by atoms with van der Waals surface area (Å²) in [4.78, 5) is 2.51. The maximum Gasteiger partial charge on any atom is 0.123 e. The fraction of sp³-hybridized carbons (Fsp3) is 0.625. The van der Waals surface area contributed by atoms with Gasteiger partial charge in [0.1, 0.15) is 5.75 Å². The van der Waals surface area contributed by atoms with Crippen molar-refractivity contribution >= 4 is 0 Å². The first-order valence-electron chi connectivity index (χ1n) is 7.07. The summed E-state index contributed by atoms with van der Waals surface area (Å²) < 4.78 is 10.7. The molecule has 3 heteroatoms. The standard InChI is InChI=1S/C16H25NO2/c1-13-4-5-15(16(10-13)19-3)11-17-8-6-14(7-9-17)12-18-2/h4-5,10,14H,6-9,11-12H2,1-3H3. The fourth-order valence-electron chi connectivity index (χ4n) is 2.77. The van der Waals surface area contributed by atoms with Crippen molar-refractivity contribution in [3.05, 3.63) is 29.3 Å². The molecule has 1 aliphatic rings. The van der Waals surface area contributed by atoms with E-state index in [-0.39, 0.29) is 0 Å². The van der Waals surface area contributed by atoms with Crippen molar-refractivity contribution in [3.63, 3.8) is 0 Å². The number of hydrogen-bond acceptors (Lipinski definition) is 3. The van der Waals surface area contributed by atoms with E-state index in [1.165, 1.54) is 24.0 Å². The van der Waals surface area contributed by atoms with E-state index in [0.29, 0.717) is 0 Å². The zero-order valence-electron chi connectivity index (χ0n) is 12.3. The molecule has 1 heterocycles. The molecule has 1 aromatic carbocycles. The van der Waals surface area contributed by atoms with Gasteiger partial charge in [-0.2, -0.15) is 0 Å². The van der Waals surface area contributed by atoms with Gasteiger partial charge in [0.15, 0.2) is 0 Å². The normalized spacial score (nSPS) is 17.6. The molecule has 19 heavy (non-hydrogen) atoms. The van der Waals surface area contributed by atoms with Crippen LogP contribution in [0.3, 0.4) is 0 Å². The fourth-order valence-corrected chi connectivity index (χ4v) is 2.77. The van der Waals surface area contributed by atoms with Crippen molar-refractivity contribution < 1.29 is 9.47 Å². The van der Waals surface area contributed by atoms with Crippen molar-refractivity contribution in [2.75, 3.05) is 33.9 Å². The Kier molecular flexibility index (Phi) is 5.23. The van der Waals surface area contributed by atoms with E-state index in [0.717, 1.165) is 37.9 Å². The van der Waals surface area contributed by atoms with Gasteiger partial charge in [-0.15, -0.1) is 0 Å². The zero-order chi connectivity index (χ0) is 13.7. The van der Waals surface area contributed by atoms with Crippen LogP contribution >= 0.6 is 0 Å². The van der Waals surface area contributed by atoms with Crippen LogP contribution in [0.25, 0.3) is 0 Å². The highest BCUT2D eigenvalue weighted by Crippen LogP contribution is 2.24. The van der Waals surface area contributed by atoms with Crippen LogP contribution in [-0.4, -0.2) is 38.8 Å². The number of piperidine rings is 1. The number of nitrogens with zero attached hydrogens (tertiary/aromatic N) is 1. The summed E-state index contributed by atoms with van der Waals surface area (Å²) >= 11 is 0. The molecule has 0 bridgehead atoms. The molecule has 0 atom stereocenters. The Bertz CT molecular complexity index is 398. The number of methoxy groups -OCH3 is 2. The van der Waals surface area contributed by atoms with E-state index >= 15 is 0 Å². The molecule has 0 N–H and O–H groups in total. The maximum absolute atomic E-state index is 5.48. The number of rotatable bonds is 5. The molecular formula is C16H25NO2. The molecule has 3 nitrogen and oxygen atoms in total. The van der Waals surface area contributed by atoms with E-state index in [1.807, 2.05) is 0 Å². The van der Waals surface area contributed by atoms with Gasteiger partial charge in [-0.25, -0.2) is 0 Å². The van der Waals surface area contributed by atoms with Crippen LogP contribution in [0.2, 0.25) is 0 Å². The Hall–Kier alpha value is -1.06. The summed E-state index contributed by atoms with van der Waals surface area (Å²) in [6.07, 6.45) is 2.48. The molecule has 0 aromatic heterocycles. The van der Waals surface area contributed by atoms with Gasteiger partial charge in [0.05, 0.1) is 7.11 Å². The molecule has 1 aliphatic heterocycles. The van der Waals surface area contributed by atoms with E-state index in [2.05, 4.69) is 30.0 Å². The minimum atomic E-state index is 0.737. The number of hydrogen-bond donors (Lipinski definition) is 0. The van der Waals surface area contributed by atoms with Crippen LogP contribution < -0.4 is 4.74 Å². The second-order valence-electron chi connectivity index (χ2n) is 5.49. The van der Waals surface area contributed by atoms with E-state index in [1.54, 1.807) is 14.2 Å². The molecule has 0 spiro atoms. The van der Waals surface area contributed by atoms with E-state index < -0.39 is 0 Å². The molecule has 0 amide bonds. The third kappa shape index (κ3) is 3.95. The van der Waals surface area contributed by atoms with Gasteiger partial charge >= 0.3 is 0 Å². The largest absolute Gasteiger partial charge is 0.496 e. The van der Waals surface area contributed by atoms with Crippen LogP contribution in [0.15, 0.2) is 18.2 Å². The Morgan fingerprint density at radius 2 is 1.95 bits per heavy atom. The molecule has 1 saturated heterocycles. The second-order valence-corrected chi connectivity index (χ2v) is 5.49. The minimum Gasteiger partial charge on any atom is -0.496 e. The van der Waals surface area contributed by atoms with Crippen LogP contribution in [0, 0.1) is 12.8 Å². The van der Waals surface area contributed by atoms with Gasteiger partial charge in [0.25, 0.3) is 0 Å². The Labute approximate surface area is 116 Å². The monoisotopic (exact) mass is 263 g/mol. The van der Waals surface area contributed by atoms with Crippen LogP contribution in [-0.2, 0) is 11.3 Å². The lowest BCUT2D eigenvalue weighted by molar-refractivity contribution is 0.0965. The summed E-state index contributed by atoms with van der Waals surface area (Å²) in [5.74, 6) is 1.75. The molecule has 0 saturated carbocycles. The SMILES string of the molecule is COCC1CCN(Cc2ccc(C)cc2OC)CC1. The predicted octanol–water partition coefficient (Wildman–Crippen LogP) is 2.86. The first kappa shape index (κ1) is 14.4. The summed E-state index contributed by atoms with van der Waals surface area (Å²) in [5, 5.41) is 0. The van der Waals surface area contributed by atoms with Crippen molar-refractivity contribution in [1.29, 1.82) is 0 Å².